The monoisotopic (exact) mass is 209 g/mol. The second-order valence-electron chi connectivity index (χ2n) is 4.86. The Morgan fingerprint density at radius 3 is 2.87 bits per heavy atom. The minimum Gasteiger partial charge on any atom is -0.362 e. The van der Waals surface area contributed by atoms with Crippen LogP contribution in [-0.2, 0) is 4.74 Å². The van der Waals surface area contributed by atoms with E-state index >= 15 is 0 Å². The number of nitrogens with two attached hydrogens (primary N) is 1. The molecule has 84 valence electrons. The lowest BCUT2D eigenvalue weighted by Crippen LogP contribution is -2.49. The fourth-order valence-corrected chi connectivity index (χ4v) is 3.01. The van der Waals surface area contributed by atoms with Gasteiger partial charge in [-0.15, -0.1) is 0 Å². The number of ether oxygens (including phenoxy) is 1. The van der Waals surface area contributed by atoms with E-state index in [0.717, 1.165) is 13.0 Å². The van der Waals surface area contributed by atoms with E-state index in [2.05, 4.69) is 18.7 Å². The summed E-state index contributed by atoms with van der Waals surface area (Å²) in [6, 6.07) is 3.10. The van der Waals surface area contributed by atoms with Crippen molar-refractivity contribution in [3.8, 4) is 6.07 Å². The number of fused-ring (bicyclic) bond motifs is 2. The van der Waals surface area contributed by atoms with Crippen molar-refractivity contribution in [1.29, 1.82) is 5.26 Å². The van der Waals surface area contributed by atoms with Gasteiger partial charge in [0.15, 0.2) is 0 Å². The second kappa shape index (κ2) is 4.09. The van der Waals surface area contributed by atoms with Crippen molar-refractivity contribution in [2.24, 2.45) is 11.7 Å². The average molecular weight is 209 g/mol. The van der Waals surface area contributed by atoms with E-state index in [0.29, 0.717) is 18.0 Å². The van der Waals surface area contributed by atoms with Gasteiger partial charge in [0.25, 0.3) is 0 Å². The van der Waals surface area contributed by atoms with E-state index < -0.39 is 0 Å². The minimum atomic E-state index is 0.167. The first-order valence-electron chi connectivity index (χ1n) is 5.65. The van der Waals surface area contributed by atoms with Crippen molar-refractivity contribution >= 4 is 0 Å². The molecule has 2 rings (SSSR count). The third kappa shape index (κ3) is 1.76. The summed E-state index contributed by atoms with van der Waals surface area (Å²) in [7, 11) is 0. The number of rotatable bonds is 3. The van der Waals surface area contributed by atoms with E-state index in [-0.39, 0.29) is 18.8 Å². The van der Waals surface area contributed by atoms with Crippen LogP contribution in [0.25, 0.3) is 0 Å². The Morgan fingerprint density at radius 1 is 1.60 bits per heavy atom. The summed E-state index contributed by atoms with van der Waals surface area (Å²) in [5.41, 5.74) is 6.17. The van der Waals surface area contributed by atoms with Crippen molar-refractivity contribution < 1.29 is 4.74 Å². The standard InChI is InChI=1S/C11H19N3O/c1-7(2)14-6-8-5-9(15-4-3-12)11(14)10(8)13/h7-11H,4-6,13H2,1-2H3/t8-,9+,10-,11-/m1/s1. The minimum absolute atomic E-state index is 0.167. The van der Waals surface area contributed by atoms with Gasteiger partial charge in [0, 0.05) is 18.6 Å². The topological polar surface area (TPSA) is 62.3 Å². The maximum absolute atomic E-state index is 8.52. The number of piperidine rings is 1. The lowest BCUT2D eigenvalue weighted by atomic mass is 10.1. The molecule has 2 bridgehead atoms. The van der Waals surface area contributed by atoms with Crippen molar-refractivity contribution in [3.63, 3.8) is 0 Å². The van der Waals surface area contributed by atoms with Gasteiger partial charge >= 0.3 is 0 Å². The van der Waals surface area contributed by atoms with E-state index in [4.69, 9.17) is 15.7 Å². The molecule has 15 heavy (non-hydrogen) atoms. The number of likely N-dealkylation sites (tertiary alicyclic amines) is 1. The van der Waals surface area contributed by atoms with Crippen molar-refractivity contribution in [3.05, 3.63) is 0 Å². The Kier molecular flexibility index (Phi) is 2.96. The Labute approximate surface area is 91.0 Å². The zero-order chi connectivity index (χ0) is 11.0. The van der Waals surface area contributed by atoms with Crippen LogP contribution in [-0.4, -0.2) is 42.3 Å². The SMILES string of the molecule is CC(C)N1C[C@H]2C[C@H](OCC#N)[C@@H]1[C@@H]2N. The van der Waals surface area contributed by atoms with E-state index in [9.17, 15) is 0 Å². The predicted molar refractivity (Wildman–Crippen MR) is 57.1 cm³/mol. The van der Waals surface area contributed by atoms with E-state index in [1.807, 2.05) is 6.07 Å². The molecular formula is C11H19N3O. The molecular weight excluding hydrogens is 190 g/mol. The Balaban J connectivity index is 2.03. The van der Waals surface area contributed by atoms with Crippen LogP contribution in [0, 0.1) is 17.2 Å². The Morgan fingerprint density at radius 2 is 2.33 bits per heavy atom. The lowest BCUT2D eigenvalue weighted by Gasteiger charge is -2.35. The lowest BCUT2D eigenvalue weighted by molar-refractivity contribution is -0.00718. The van der Waals surface area contributed by atoms with Crippen LogP contribution in [0.1, 0.15) is 20.3 Å². The summed E-state index contributed by atoms with van der Waals surface area (Å²) in [5, 5.41) is 8.52. The van der Waals surface area contributed by atoms with Gasteiger partial charge in [-0.1, -0.05) is 0 Å². The van der Waals surface area contributed by atoms with Crippen LogP contribution in [0.15, 0.2) is 0 Å². The van der Waals surface area contributed by atoms with Gasteiger partial charge in [-0.3, -0.25) is 4.90 Å². The molecule has 1 heterocycles. The van der Waals surface area contributed by atoms with Crippen molar-refractivity contribution in [2.75, 3.05) is 13.2 Å². The van der Waals surface area contributed by atoms with E-state index in [1.165, 1.54) is 0 Å². The summed E-state index contributed by atoms with van der Waals surface area (Å²) in [4.78, 5) is 2.42. The second-order valence-corrected chi connectivity index (χ2v) is 4.86. The fraction of sp³-hybridized carbons (Fsp3) is 0.909. The molecule has 4 heteroatoms. The van der Waals surface area contributed by atoms with Gasteiger partial charge in [0.2, 0.25) is 0 Å². The summed E-state index contributed by atoms with van der Waals surface area (Å²) in [5.74, 6) is 0.557. The number of nitriles is 1. The highest BCUT2D eigenvalue weighted by Crippen LogP contribution is 2.39. The molecule has 1 saturated heterocycles. The summed E-state index contributed by atoms with van der Waals surface area (Å²) in [6.45, 7) is 5.66. The van der Waals surface area contributed by atoms with Crippen LogP contribution in [0.3, 0.4) is 0 Å². The molecule has 1 saturated carbocycles. The first-order valence-corrected chi connectivity index (χ1v) is 5.65. The summed E-state index contributed by atoms with van der Waals surface area (Å²) < 4.78 is 5.55. The maximum atomic E-state index is 8.52. The molecule has 2 N–H and O–H groups in total. The molecule has 2 aliphatic rings. The molecule has 0 unspecified atom stereocenters. The molecule has 0 radical (unpaired) electrons. The van der Waals surface area contributed by atoms with Gasteiger partial charge in [-0.25, -0.2) is 0 Å². The first-order chi connectivity index (χ1) is 7.15. The summed E-state index contributed by atoms with van der Waals surface area (Å²) >= 11 is 0. The maximum Gasteiger partial charge on any atom is 0.134 e. The Hall–Kier alpha value is -0.630. The third-order valence-corrected chi connectivity index (χ3v) is 3.71. The van der Waals surface area contributed by atoms with Crippen LogP contribution in [0.5, 0.6) is 0 Å². The molecule has 4 atom stereocenters. The van der Waals surface area contributed by atoms with Crippen LogP contribution < -0.4 is 5.73 Å². The molecule has 0 amide bonds. The normalized spacial score (nSPS) is 39.9. The van der Waals surface area contributed by atoms with Gasteiger partial charge < -0.3 is 10.5 Å². The molecule has 0 spiro atoms. The molecule has 0 aromatic heterocycles. The largest absolute Gasteiger partial charge is 0.362 e. The highest BCUT2D eigenvalue weighted by molar-refractivity contribution is 5.08. The number of hydrogen-bond donors (Lipinski definition) is 1. The molecule has 1 aliphatic heterocycles. The van der Waals surface area contributed by atoms with Crippen molar-refractivity contribution in [2.45, 2.75) is 44.5 Å². The van der Waals surface area contributed by atoms with Gasteiger partial charge in [0.05, 0.1) is 18.2 Å². The smallest absolute Gasteiger partial charge is 0.134 e. The quantitative estimate of drug-likeness (QED) is 0.728. The molecule has 4 nitrogen and oxygen atoms in total. The highest BCUT2D eigenvalue weighted by Gasteiger charge is 2.52. The molecule has 0 aromatic rings. The van der Waals surface area contributed by atoms with Crippen molar-refractivity contribution in [1.82, 2.24) is 4.90 Å². The molecule has 2 fully saturated rings. The molecule has 1 aliphatic carbocycles. The van der Waals surface area contributed by atoms with Gasteiger partial charge in [0.1, 0.15) is 6.61 Å². The first kappa shape index (κ1) is 10.9. The van der Waals surface area contributed by atoms with Gasteiger partial charge in [-0.05, 0) is 26.2 Å². The predicted octanol–water partition coefficient (Wildman–Crippen LogP) is 0.335. The fourth-order valence-electron chi connectivity index (χ4n) is 3.01. The van der Waals surface area contributed by atoms with Gasteiger partial charge in [-0.2, -0.15) is 5.26 Å². The molecule has 0 aromatic carbocycles. The van der Waals surface area contributed by atoms with Crippen LogP contribution >= 0.6 is 0 Å². The zero-order valence-electron chi connectivity index (χ0n) is 9.39. The van der Waals surface area contributed by atoms with Crippen LogP contribution in [0.4, 0.5) is 0 Å². The zero-order valence-corrected chi connectivity index (χ0v) is 9.39. The number of nitrogens with zero attached hydrogens (tertiary/aromatic N) is 2. The average Bonchev–Trinajstić information content (AvgIpc) is 2.68. The van der Waals surface area contributed by atoms with E-state index in [1.54, 1.807) is 0 Å². The Bertz CT molecular complexity index is 273. The van der Waals surface area contributed by atoms with Crippen LogP contribution in [0.2, 0.25) is 0 Å². The summed E-state index contributed by atoms with van der Waals surface area (Å²) in [6.07, 6.45) is 1.19. The third-order valence-electron chi connectivity index (χ3n) is 3.71. The number of hydrogen-bond acceptors (Lipinski definition) is 4. The highest BCUT2D eigenvalue weighted by atomic mass is 16.5.